The third kappa shape index (κ3) is 4.70. The number of fused-ring (bicyclic) bond motifs is 1. The Kier molecular flexibility index (Phi) is 6.74. The number of aliphatic hydroxyl groups excluding tert-OH is 1. The number of nitrogens with zero attached hydrogens (tertiary/aromatic N) is 5. The van der Waals surface area contributed by atoms with Crippen LogP contribution in [-0.4, -0.2) is 62.0 Å². The number of alkyl halides is 1. The van der Waals surface area contributed by atoms with Gasteiger partial charge in [-0.1, -0.05) is 6.92 Å². The van der Waals surface area contributed by atoms with Crippen LogP contribution in [0.2, 0.25) is 0 Å². The lowest BCUT2D eigenvalue weighted by Gasteiger charge is -2.36. The summed E-state index contributed by atoms with van der Waals surface area (Å²) in [6, 6.07) is 5.22. The summed E-state index contributed by atoms with van der Waals surface area (Å²) in [5, 5.41) is 17.5. The Morgan fingerprint density at radius 2 is 1.98 bits per heavy atom. The number of benzene rings is 1. The topological polar surface area (TPSA) is 79.9 Å². The van der Waals surface area contributed by atoms with Crippen molar-refractivity contribution in [3.63, 3.8) is 0 Å². The molecule has 1 aliphatic carbocycles. The van der Waals surface area contributed by atoms with E-state index in [1.165, 1.54) is 6.07 Å². The van der Waals surface area contributed by atoms with E-state index in [-0.39, 0.29) is 6.04 Å². The fourth-order valence-electron chi connectivity index (χ4n) is 5.57. The third-order valence-corrected chi connectivity index (χ3v) is 8.19. The maximum atomic E-state index is 16.3. The number of aromatic nitrogens is 4. The van der Waals surface area contributed by atoms with Gasteiger partial charge in [0.1, 0.15) is 29.1 Å². The minimum Gasteiger partial charge on any atom is -0.513 e. The molecule has 2 fully saturated rings. The number of hydrogen-bond donors (Lipinski definition) is 2. The van der Waals surface area contributed by atoms with E-state index in [9.17, 15) is 9.50 Å². The number of hydrogen-bond acceptors (Lipinski definition) is 6. The van der Waals surface area contributed by atoms with Gasteiger partial charge in [-0.3, -0.25) is 4.40 Å². The van der Waals surface area contributed by atoms with E-state index in [0.29, 0.717) is 60.0 Å². The van der Waals surface area contributed by atoms with Crippen LogP contribution in [0.3, 0.4) is 0 Å². The van der Waals surface area contributed by atoms with Crippen molar-refractivity contribution in [3.05, 3.63) is 71.8 Å². The standard InChI is InChI=1S/C30H34F2N6O2/c1-4-36-9-7-30(32,8-10-36)24-17-37-28(13-27(24)40-3)33-15-29(37)38-16-20(14-34-38)22-12-23(25(31)11-19(22)2)26(18-39)35-21-5-6-21/h11-18,21,35,39H,4-10H2,1-3H3/b26-18+. The number of halogens is 2. The average Bonchev–Trinajstić information content (AvgIpc) is 3.48. The Hall–Kier alpha value is -3.92. The van der Waals surface area contributed by atoms with Crippen LogP contribution in [0.5, 0.6) is 5.75 Å². The van der Waals surface area contributed by atoms with Gasteiger partial charge in [0.15, 0.2) is 5.82 Å². The van der Waals surface area contributed by atoms with E-state index in [1.54, 1.807) is 42.5 Å². The predicted molar refractivity (Wildman–Crippen MR) is 150 cm³/mol. The number of likely N-dealkylation sites (tertiary alicyclic amines) is 1. The summed E-state index contributed by atoms with van der Waals surface area (Å²) >= 11 is 0. The predicted octanol–water partition coefficient (Wildman–Crippen LogP) is 5.53. The molecule has 0 bridgehead atoms. The van der Waals surface area contributed by atoms with E-state index in [0.717, 1.165) is 42.3 Å². The first-order valence-corrected chi connectivity index (χ1v) is 13.8. The highest BCUT2D eigenvalue weighted by molar-refractivity contribution is 5.74. The average molecular weight is 549 g/mol. The molecular formula is C30H34F2N6O2. The first-order valence-electron chi connectivity index (χ1n) is 13.8. The molecule has 2 N–H and O–H groups in total. The van der Waals surface area contributed by atoms with Gasteiger partial charge >= 0.3 is 0 Å². The Morgan fingerprint density at radius 1 is 1.20 bits per heavy atom. The van der Waals surface area contributed by atoms with Crippen molar-refractivity contribution in [2.75, 3.05) is 26.7 Å². The Balaban J connectivity index is 1.37. The molecule has 10 heteroatoms. The van der Waals surface area contributed by atoms with Gasteiger partial charge in [-0.25, -0.2) is 18.4 Å². The van der Waals surface area contributed by atoms with Gasteiger partial charge in [-0.05, 0) is 62.4 Å². The van der Waals surface area contributed by atoms with Crippen molar-refractivity contribution < 1.29 is 18.6 Å². The second kappa shape index (κ2) is 10.2. The van der Waals surface area contributed by atoms with Crippen LogP contribution >= 0.6 is 0 Å². The minimum atomic E-state index is -1.50. The first kappa shape index (κ1) is 26.3. The zero-order valence-electron chi connectivity index (χ0n) is 23.0. The molecule has 0 amide bonds. The highest BCUT2D eigenvalue weighted by Crippen LogP contribution is 2.42. The number of nitrogens with one attached hydrogen (secondary N) is 1. The molecule has 0 unspecified atom stereocenters. The lowest BCUT2D eigenvalue weighted by atomic mass is 9.86. The van der Waals surface area contributed by atoms with E-state index in [1.807, 2.05) is 17.5 Å². The van der Waals surface area contributed by atoms with Gasteiger partial charge in [-0.2, -0.15) is 5.10 Å². The highest BCUT2D eigenvalue weighted by atomic mass is 19.1. The molecular weight excluding hydrogens is 514 g/mol. The summed E-state index contributed by atoms with van der Waals surface area (Å²) in [6.07, 6.45) is 10.7. The van der Waals surface area contributed by atoms with Crippen molar-refractivity contribution in [3.8, 4) is 22.7 Å². The number of imidazole rings is 1. The second-order valence-electron chi connectivity index (χ2n) is 10.8. The van der Waals surface area contributed by atoms with Crippen molar-refractivity contribution in [1.82, 2.24) is 29.4 Å². The number of aliphatic hydroxyl groups is 1. The van der Waals surface area contributed by atoms with E-state index >= 15 is 4.39 Å². The van der Waals surface area contributed by atoms with Gasteiger partial charge in [0.2, 0.25) is 0 Å². The van der Waals surface area contributed by atoms with Gasteiger partial charge in [0.05, 0.1) is 25.2 Å². The fraction of sp³-hybridized carbons (Fsp3) is 0.400. The quantitative estimate of drug-likeness (QED) is 0.282. The Morgan fingerprint density at radius 3 is 2.65 bits per heavy atom. The monoisotopic (exact) mass is 548 g/mol. The second-order valence-corrected chi connectivity index (χ2v) is 10.8. The molecule has 0 spiro atoms. The maximum absolute atomic E-state index is 16.3. The molecule has 0 radical (unpaired) electrons. The van der Waals surface area contributed by atoms with Crippen LogP contribution in [0.25, 0.3) is 28.3 Å². The molecule has 0 atom stereocenters. The smallest absolute Gasteiger partial charge is 0.158 e. The molecule has 40 heavy (non-hydrogen) atoms. The summed E-state index contributed by atoms with van der Waals surface area (Å²) < 4.78 is 40.4. The van der Waals surface area contributed by atoms with Crippen LogP contribution in [0, 0.1) is 12.7 Å². The number of piperidine rings is 1. The molecule has 3 aromatic heterocycles. The summed E-state index contributed by atoms with van der Waals surface area (Å²) in [6.45, 7) is 6.22. The van der Waals surface area contributed by atoms with Crippen LogP contribution in [0.15, 0.2) is 49.2 Å². The van der Waals surface area contributed by atoms with E-state index < -0.39 is 11.5 Å². The minimum absolute atomic E-state index is 0.256. The van der Waals surface area contributed by atoms with Crippen molar-refractivity contribution in [1.29, 1.82) is 0 Å². The molecule has 1 aromatic carbocycles. The molecule has 4 heterocycles. The molecule has 1 saturated carbocycles. The van der Waals surface area contributed by atoms with Crippen molar-refractivity contribution >= 4 is 11.3 Å². The zero-order chi connectivity index (χ0) is 28.0. The molecule has 8 nitrogen and oxygen atoms in total. The number of methoxy groups -OCH3 is 1. The maximum Gasteiger partial charge on any atom is 0.158 e. The Bertz CT molecular complexity index is 1580. The van der Waals surface area contributed by atoms with Gasteiger partial charge in [-0.15, -0.1) is 0 Å². The molecule has 210 valence electrons. The summed E-state index contributed by atoms with van der Waals surface area (Å²) in [7, 11) is 1.56. The van der Waals surface area contributed by atoms with Gasteiger partial charge in [0.25, 0.3) is 0 Å². The van der Waals surface area contributed by atoms with Crippen LogP contribution < -0.4 is 10.1 Å². The number of aryl methyl sites for hydroxylation is 1. The van der Waals surface area contributed by atoms with Crippen LogP contribution in [0.4, 0.5) is 8.78 Å². The molecule has 1 aliphatic heterocycles. The fourth-order valence-corrected chi connectivity index (χ4v) is 5.57. The summed E-state index contributed by atoms with van der Waals surface area (Å²) in [5.41, 5.74) is 2.60. The van der Waals surface area contributed by atoms with E-state index in [2.05, 4.69) is 27.2 Å². The zero-order valence-corrected chi connectivity index (χ0v) is 23.0. The van der Waals surface area contributed by atoms with Crippen LogP contribution in [-0.2, 0) is 5.67 Å². The van der Waals surface area contributed by atoms with Crippen molar-refractivity contribution in [2.45, 2.75) is 51.2 Å². The van der Waals surface area contributed by atoms with Gasteiger partial charge < -0.3 is 20.1 Å². The van der Waals surface area contributed by atoms with E-state index in [4.69, 9.17) is 4.74 Å². The summed E-state index contributed by atoms with van der Waals surface area (Å²) in [5.74, 6) is 0.724. The van der Waals surface area contributed by atoms with Gasteiger partial charge in [0, 0.05) is 54.3 Å². The lowest BCUT2D eigenvalue weighted by Crippen LogP contribution is -2.40. The summed E-state index contributed by atoms with van der Waals surface area (Å²) in [4.78, 5) is 6.78. The largest absolute Gasteiger partial charge is 0.513 e. The normalized spacial score (nSPS) is 17.9. The third-order valence-electron chi connectivity index (χ3n) is 8.19. The number of rotatable bonds is 8. The molecule has 6 rings (SSSR count). The number of ether oxygens (including phenoxy) is 1. The molecule has 1 saturated heterocycles. The highest BCUT2D eigenvalue weighted by Gasteiger charge is 2.39. The SMILES string of the molecule is CCN1CCC(F)(c2cn3c(-n4cc(-c5cc(/C(=C\O)NC6CC6)c(F)cc5C)cn4)cnc3cc2OC)CC1. The first-order chi connectivity index (χ1) is 19.3. The van der Waals surface area contributed by atoms with Crippen LogP contribution in [0.1, 0.15) is 49.3 Å². The lowest BCUT2D eigenvalue weighted by molar-refractivity contribution is 0.0559. The van der Waals surface area contributed by atoms with Crippen molar-refractivity contribution in [2.24, 2.45) is 0 Å². The molecule has 2 aliphatic rings. The number of pyridine rings is 1. The molecule has 4 aromatic rings. The Labute approximate surface area is 231 Å².